The lowest BCUT2D eigenvalue weighted by Crippen LogP contribution is -2.22. The van der Waals surface area contributed by atoms with E-state index in [-0.39, 0.29) is 24.0 Å². The molecular formula is C19H23F2N3O2. The summed E-state index contributed by atoms with van der Waals surface area (Å²) in [6.45, 7) is 1.55. The maximum absolute atomic E-state index is 12.4. The summed E-state index contributed by atoms with van der Waals surface area (Å²) in [4.78, 5) is 4.28. The molecule has 0 bridgehead atoms. The lowest BCUT2D eigenvalue weighted by atomic mass is 10.1. The number of nitrogens with two attached hydrogens (primary N) is 1. The van der Waals surface area contributed by atoms with Gasteiger partial charge in [-0.25, -0.2) is 4.99 Å². The molecule has 0 spiro atoms. The first kappa shape index (κ1) is 19.5. The van der Waals surface area contributed by atoms with Crippen LogP contribution in [0.5, 0.6) is 11.5 Å². The number of hydrogen-bond donors (Lipinski definition) is 2. The Morgan fingerprint density at radius 1 is 1.12 bits per heavy atom. The molecule has 0 aliphatic rings. The smallest absolute Gasteiger partial charge is 0.387 e. The van der Waals surface area contributed by atoms with Gasteiger partial charge >= 0.3 is 6.61 Å². The fourth-order valence-electron chi connectivity index (χ4n) is 2.35. The van der Waals surface area contributed by atoms with Crippen molar-refractivity contribution in [2.75, 3.05) is 11.9 Å². The summed E-state index contributed by atoms with van der Waals surface area (Å²) >= 11 is 0. The van der Waals surface area contributed by atoms with Crippen molar-refractivity contribution in [2.24, 2.45) is 10.7 Å². The van der Waals surface area contributed by atoms with Gasteiger partial charge in [0, 0.05) is 5.69 Å². The number of anilines is 1. The Labute approximate surface area is 151 Å². The van der Waals surface area contributed by atoms with Crippen molar-refractivity contribution in [1.82, 2.24) is 0 Å². The Balaban J connectivity index is 2.06. The number of benzene rings is 2. The van der Waals surface area contributed by atoms with Gasteiger partial charge in [-0.2, -0.15) is 8.78 Å². The Morgan fingerprint density at radius 2 is 1.92 bits per heavy atom. The minimum atomic E-state index is -2.91. The molecular weight excluding hydrogens is 340 g/mol. The molecule has 0 unspecified atom stereocenters. The van der Waals surface area contributed by atoms with Crippen LogP contribution < -0.4 is 20.5 Å². The van der Waals surface area contributed by atoms with Gasteiger partial charge in [-0.1, -0.05) is 25.1 Å². The number of guanidine groups is 1. The predicted octanol–water partition coefficient (Wildman–Crippen LogP) is 4.18. The first-order valence-corrected chi connectivity index (χ1v) is 8.38. The second-order valence-electron chi connectivity index (χ2n) is 5.47. The molecule has 2 aromatic carbocycles. The maximum Gasteiger partial charge on any atom is 0.387 e. The van der Waals surface area contributed by atoms with Gasteiger partial charge in [-0.3, -0.25) is 0 Å². The van der Waals surface area contributed by atoms with Crippen molar-refractivity contribution < 1.29 is 18.3 Å². The summed E-state index contributed by atoms with van der Waals surface area (Å²) in [5.74, 6) is 0.517. The van der Waals surface area contributed by atoms with Crippen LogP contribution in [0.4, 0.5) is 14.5 Å². The molecule has 5 nitrogen and oxygen atoms in total. The Kier molecular flexibility index (Phi) is 7.20. The van der Waals surface area contributed by atoms with Crippen molar-refractivity contribution in [3.05, 3.63) is 53.6 Å². The van der Waals surface area contributed by atoms with E-state index in [0.717, 1.165) is 17.7 Å². The van der Waals surface area contributed by atoms with E-state index in [9.17, 15) is 8.78 Å². The van der Waals surface area contributed by atoms with Crippen LogP contribution in [-0.2, 0) is 13.0 Å². The number of alkyl halides is 2. The third kappa shape index (κ3) is 5.91. The molecule has 2 aromatic rings. The summed E-state index contributed by atoms with van der Waals surface area (Å²) in [5, 5.41) is 3.04. The molecule has 0 aromatic heterocycles. The van der Waals surface area contributed by atoms with E-state index in [1.54, 1.807) is 19.1 Å². The van der Waals surface area contributed by atoms with Crippen molar-refractivity contribution in [2.45, 2.75) is 33.4 Å². The number of nitrogens with one attached hydrogen (secondary N) is 1. The largest absolute Gasteiger partial charge is 0.490 e. The minimum Gasteiger partial charge on any atom is -0.490 e. The fourth-order valence-corrected chi connectivity index (χ4v) is 2.35. The van der Waals surface area contributed by atoms with Crippen molar-refractivity contribution in [1.29, 1.82) is 0 Å². The molecule has 0 atom stereocenters. The first-order chi connectivity index (χ1) is 12.5. The summed E-state index contributed by atoms with van der Waals surface area (Å²) in [5.41, 5.74) is 8.74. The molecule has 0 saturated carbocycles. The SMILES string of the molecule is CCOc1cc(CN=C(N)Nc2cccc(CC)c2)ccc1OC(F)F. The highest BCUT2D eigenvalue weighted by Crippen LogP contribution is 2.30. The van der Waals surface area contributed by atoms with Gasteiger partial charge in [0.05, 0.1) is 13.2 Å². The van der Waals surface area contributed by atoms with Gasteiger partial charge in [0.1, 0.15) is 0 Å². The van der Waals surface area contributed by atoms with Crippen LogP contribution >= 0.6 is 0 Å². The van der Waals surface area contributed by atoms with Crippen LogP contribution in [0.15, 0.2) is 47.5 Å². The summed E-state index contributed by atoms with van der Waals surface area (Å²) in [7, 11) is 0. The Morgan fingerprint density at radius 3 is 2.62 bits per heavy atom. The normalized spacial score (nSPS) is 11.5. The highest BCUT2D eigenvalue weighted by molar-refractivity contribution is 5.92. The topological polar surface area (TPSA) is 68.9 Å². The Hall–Kier alpha value is -2.83. The van der Waals surface area contributed by atoms with Gasteiger partial charge in [-0.15, -0.1) is 0 Å². The van der Waals surface area contributed by atoms with Crippen LogP contribution in [0.3, 0.4) is 0 Å². The van der Waals surface area contributed by atoms with Crippen LogP contribution in [0.1, 0.15) is 25.0 Å². The number of ether oxygens (including phenoxy) is 2. The molecule has 0 aliphatic heterocycles. The Bertz CT molecular complexity index is 751. The fraction of sp³-hybridized carbons (Fsp3) is 0.316. The highest BCUT2D eigenvalue weighted by atomic mass is 19.3. The van der Waals surface area contributed by atoms with Crippen molar-refractivity contribution in [3.63, 3.8) is 0 Å². The molecule has 3 N–H and O–H groups in total. The standard InChI is InChI=1S/C19H23F2N3O2/c1-3-13-6-5-7-15(10-13)24-19(22)23-12-14-8-9-16(26-18(20)21)17(11-14)25-4-2/h5-11,18H,3-4,12H2,1-2H3,(H3,22,23,24). The first-order valence-electron chi connectivity index (χ1n) is 8.38. The summed E-state index contributed by atoms with van der Waals surface area (Å²) in [6.07, 6.45) is 0.930. The van der Waals surface area contributed by atoms with Gasteiger partial charge in [-0.05, 0) is 48.7 Å². The van der Waals surface area contributed by atoms with Crippen LogP contribution in [-0.4, -0.2) is 19.2 Å². The summed E-state index contributed by atoms with van der Waals surface area (Å²) in [6, 6.07) is 12.6. The van der Waals surface area contributed by atoms with E-state index in [4.69, 9.17) is 10.5 Å². The number of halogens is 2. The molecule has 140 valence electrons. The van der Waals surface area contributed by atoms with Gasteiger partial charge in [0.25, 0.3) is 0 Å². The van der Waals surface area contributed by atoms with Gasteiger partial charge in [0.15, 0.2) is 17.5 Å². The zero-order chi connectivity index (χ0) is 18.9. The van der Waals surface area contributed by atoms with Crippen LogP contribution in [0, 0.1) is 0 Å². The van der Waals surface area contributed by atoms with Gasteiger partial charge in [0.2, 0.25) is 0 Å². The molecule has 0 radical (unpaired) electrons. The second-order valence-corrected chi connectivity index (χ2v) is 5.47. The second kappa shape index (κ2) is 9.60. The maximum atomic E-state index is 12.4. The predicted molar refractivity (Wildman–Crippen MR) is 99.0 cm³/mol. The number of hydrogen-bond acceptors (Lipinski definition) is 3. The molecule has 7 heteroatoms. The highest BCUT2D eigenvalue weighted by Gasteiger charge is 2.11. The monoisotopic (exact) mass is 363 g/mol. The summed E-state index contributed by atoms with van der Waals surface area (Å²) < 4.78 is 34.7. The average molecular weight is 363 g/mol. The number of aryl methyl sites for hydroxylation is 1. The average Bonchev–Trinajstić information content (AvgIpc) is 2.62. The third-order valence-corrected chi connectivity index (χ3v) is 3.56. The van der Waals surface area contributed by atoms with Crippen LogP contribution in [0.25, 0.3) is 0 Å². The van der Waals surface area contributed by atoms with E-state index >= 15 is 0 Å². The lowest BCUT2D eigenvalue weighted by Gasteiger charge is -2.12. The molecule has 2 rings (SSSR count). The minimum absolute atomic E-state index is 0.00272. The van der Waals surface area contributed by atoms with E-state index in [2.05, 4.69) is 22.0 Å². The van der Waals surface area contributed by atoms with E-state index < -0.39 is 6.61 Å². The number of rotatable bonds is 8. The number of nitrogens with zero attached hydrogens (tertiary/aromatic N) is 1. The van der Waals surface area contributed by atoms with Gasteiger partial charge < -0.3 is 20.5 Å². The lowest BCUT2D eigenvalue weighted by molar-refractivity contribution is -0.0514. The zero-order valence-corrected chi connectivity index (χ0v) is 14.8. The number of aliphatic imine (C=N–C) groups is 1. The zero-order valence-electron chi connectivity index (χ0n) is 14.8. The van der Waals surface area contributed by atoms with Crippen molar-refractivity contribution in [3.8, 4) is 11.5 Å². The molecule has 0 fully saturated rings. The van der Waals surface area contributed by atoms with Crippen LogP contribution in [0.2, 0.25) is 0 Å². The molecule has 0 saturated heterocycles. The third-order valence-electron chi connectivity index (χ3n) is 3.56. The molecule has 0 amide bonds. The van der Waals surface area contributed by atoms with E-state index in [0.29, 0.717) is 6.61 Å². The quantitative estimate of drug-likeness (QED) is 0.545. The molecule has 0 heterocycles. The van der Waals surface area contributed by atoms with E-state index in [1.807, 2.05) is 24.3 Å². The van der Waals surface area contributed by atoms with Crippen molar-refractivity contribution >= 4 is 11.6 Å². The van der Waals surface area contributed by atoms with E-state index in [1.165, 1.54) is 11.6 Å². The molecule has 26 heavy (non-hydrogen) atoms. The molecule has 0 aliphatic carbocycles.